The zero-order valence-corrected chi connectivity index (χ0v) is 10.1. The van der Waals surface area contributed by atoms with Crippen LogP contribution in [0.15, 0.2) is 23.7 Å². The molecule has 2 rings (SSSR count). The quantitative estimate of drug-likeness (QED) is 0.882. The summed E-state index contributed by atoms with van der Waals surface area (Å²) in [4.78, 5) is 5.40. The second-order valence-electron chi connectivity index (χ2n) is 3.67. The molecule has 0 aliphatic heterocycles. The first-order chi connectivity index (χ1) is 7.66. The van der Waals surface area contributed by atoms with Gasteiger partial charge in [-0.25, -0.2) is 9.37 Å². The molecule has 1 N–H and O–H groups in total. The number of aromatic nitrogens is 1. The molecule has 1 heterocycles. The van der Waals surface area contributed by atoms with Gasteiger partial charge in [0.1, 0.15) is 5.82 Å². The van der Waals surface area contributed by atoms with Crippen LogP contribution < -0.4 is 5.32 Å². The van der Waals surface area contributed by atoms with E-state index in [2.05, 4.69) is 10.3 Å². The lowest BCUT2D eigenvalue weighted by Crippen LogP contribution is -2.01. The molecule has 2 aromatic rings. The van der Waals surface area contributed by atoms with E-state index < -0.39 is 0 Å². The molecule has 0 fully saturated rings. The van der Waals surface area contributed by atoms with Gasteiger partial charge in [-0.2, -0.15) is 0 Å². The zero-order chi connectivity index (χ0) is 11.5. The van der Waals surface area contributed by atoms with Crippen molar-refractivity contribution in [3.8, 4) is 0 Å². The summed E-state index contributed by atoms with van der Waals surface area (Å²) in [6.07, 6.45) is 0. The SMILES string of the molecule is Cc1cc(F)ccc1NCc1scnc1C. The van der Waals surface area contributed by atoms with E-state index in [4.69, 9.17) is 0 Å². The monoisotopic (exact) mass is 236 g/mol. The summed E-state index contributed by atoms with van der Waals surface area (Å²) in [5.74, 6) is -0.197. The molecule has 4 heteroatoms. The maximum absolute atomic E-state index is 12.9. The Morgan fingerprint density at radius 2 is 2.19 bits per heavy atom. The summed E-state index contributed by atoms with van der Waals surface area (Å²) in [5, 5.41) is 3.29. The fourth-order valence-electron chi connectivity index (χ4n) is 1.50. The lowest BCUT2D eigenvalue weighted by atomic mass is 10.2. The Balaban J connectivity index is 2.08. The predicted molar refractivity (Wildman–Crippen MR) is 65.3 cm³/mol. The van der Waals surface area contributed by atoms with E-state index >= 15 is 0 Å². The number of nitrogens with zero attached hydrogens (tertiary/aromatic N) is 1. The maximum atomic E-state index is 12.9. The van der Waals surface area contributed by atoms with Gasteiger partial charge in [0.2, 0.25) is 0 Å². The second-order valence-corrected chi connectivity index (χ2v) is 4.61. The Morgan fingerprint density at radius 1 is 1.38 bits per heavy atom. The first-order valence-electron chi connectivity index (χ1n) is 5.06. The minimum atomic E-state index is -0.197. The minimum Gasteiger partial charge on any atom is -0.380 e. The van der Waals surface area contributed by atoms with Crippen molar-refractivity contribution in [1.29, 1.82) is 0 Å². The van der Waals surface area contributed by atoms with E-state index in [0.29, 0.717) is 0 Å². The van der Waals surface area contributed by atoms with Gasteiger partial charge in [0.05, 0.1) is 17.7 Å². The molecular weight excluding hydrogens is 223 g/mol. The Kier molecular flexibility index (Phi) is 3.19. The van der Waals surface area contributed by atoms with Crippen LogP contribution in [0, 0.1) is 19.7 Å². The Bertz CT molecular complexity index is 494. The lowest BCUT2D eigenvalue weighted by Gasteiger charge is -2.08. The number of halogens is 1. The number of benzene rings is 1. The van der Waals surface area contributed by atoms with Crippen LogP contribution in [0.1, 0.15) is 16.1 Å². The molecule has 0 saturated carbocycles. The predicted octanol–water partition coefficient (Wildman–Crippen LogP) is 3.51. The molecule has 0 aliphatic carbocycles. The van der Waals surface area contributed by atoms with Crippen LogP contribution in [0.2, 0.25) is 0 Å². The van der Waals surface area contributed by atoms with Crippen molar-refractivity contribution in [2.24, 2.45) is 0 Å². The van der Waals surface area contributed by atoms with Crippen LogP contribution in [0.25, 0.3) is 0 Å². The fraction of sp³-hybridized carbons (Fsp3) is 0.250. The van der Waals surface area contributed by atoms with Crippen LogP contribution in [0.5, 0.6) is 0 Å². The molecule has 16 heavy (non-hydrogen) atoms. The summed E-state index contributed by atoms with van der Waals surface area (Å²) < 4.78 is 12.9. The van der Waals surface area contributed by atoms with Gasteiger partial charge < -0.3 is 5.32 Å². The van der Waals surface area contributed by atoms with Gasteiger partial charge in [0.15, 0.2) is 0 Å². The average Bonchev–Trinajstić information content (AvgIpc) is 2.63. The molecule has 1 aromatic carbocycles. The first-order valence-corrected chi connectivity index (χ1v) is 5.94. The van der Waals surface area contributed by atoms with Gasteiger partial charge in [0, 0.05) is 10.6 Å². The summed E-state index contributed by atoms with van der Waals surface area (Å²) in [5.41, 5.74) is 4.78. The van der Waals surface area contributed by atoms with Crippen LogP contribution in [-0.4, -0.2) is 4.98 Å². The molecule has 0 bridgehead atoms. The molecular formula is C12H13FN2S. The van der Waals surface area contributed by atoms with Gasteiger partial charge in [-0.1, -0.05) is 0 Å². The normalized spacial score (nSPS) is 10.4. The minimum absolute atomic E-state index is 0.197. The number of nitrogens with one attached hydrogen (secondary N) is 1. The summed E-state index contributed by atoms with van der Waals surface area (Å²) in [7, 11) is 0. The molecule has 2 nitrogen and oxygen atoms in total. The van der Waals surface area contributed by atoms with Gasteiger partial charge in [-0.15, -0.1) is 11.3 Å². The van der Waals surface area contributed by atoms with E-state index in [1.54, 1.807) is 17.4 Å². The third-order valence-corrected chi connectivity index (χ3v) is 3.41. The van der Waals surface area contributed by atoms with Crippen LogP contribution in [0.3, 0.4) is 0 Å². The lowest BCUT2D eigenvalue weighted by molar-refractivity contribution is 0.627. The van der Waals surface area contributed by atoms with E-state index in [9.17, 15) is 4.39 Å². The van der Waals surface area contributed by atoms with Crippen LogP contribution >= 0.6 is 11.3 Å². The van der Waals surface area contributed by atoms with Crippen molar-refractivity contribution in [3.63, 3.8) is 0 Å². The number of anilines is 1. The standard InChI is InChI=1S/C12H13FN2S/c1-8-5-10(13)3-4-11(8)14-6-12-9(2)15-7-16-12/h3-5,7,14H,6H2,1-2H3. The average molecular weight is 236 g/mol. The smallest absolute Gasteiger partial charge is 0.123 e. The molecule has 0 amide bonds. The number of hydrogen-bond acceptors (Lipinski definition) is 3. The third-order valence-electron chi connectivity index (χ3n) is 2.47. The highest BCUT2D eigenvalue weighted by Crippen LogP contribution is 2.19. The van der Waals surface area contributed by atoms with Crippen molar-refractivity contribution in [1.82, 2.24) is 4.98 Å². The largest absolute Gasteiger partial charge is 0.380 e. The number of hydrogen-bond donors (Lipinski definition) is 1. The van der Waals surface area contributed by atoms with Crippen molar-refractivity contribution in [2.45, 2.75) is 20.4 Å². The van der Waals surface area contributed by atoms with Gasteiger partial charge in [-0.3, -0.25) is 0 Å². The molecule has 0 atom stereocenters. The Morgan fingerprint density at radius 3 is 2.81 bits per heavy atom. The Hall–Kier alpha value is -1.42. The highest BCUT2D eigenvalue weighted by atomic mass is 32.1. The zero-order valence-electron chi connectivity index (χ0n) is 9.25. The maximum Gasteiger partial charge on any atom is 0.123 e. The fourth-order valence-corrected chi connectivity index (χ4v) is 2.21. The number of thiazole rings is 1. The molecule has 0 saturated heterocycles. The second kappa shape index (κ2) is 4.61. The first kappa shape index (κ1) is 11.1. The summed E-state index contributed by atoms with van der Waals surface area (Å²) in [6, 6.07) is 4.76. The van der Waals surface area contributed by atoms with E-state index in [-0.39, 0.29) is 5.82 Å². The van der Waals surface area contributed by atoms with Crippen molar-refractivity contribution >= 4 is 17.0 Å². The van der Waals surface area contributed by atoms with Gasteiger partial charge in [-0.05, 0) is 37.6 Å². The van der Waals surface area contributed by atoms with Crippen molar-refractivity contribution < 1.29 is 4.39 Å². The van der Waals surface area contributed by atoms with E-state index in [1.807, 2.05) is 19.4 Å². The molecule has 0 aliphatic rings. The van der Waals surface area contributed by atoms with Crippen LogP contribution in [-0.2, 0) is 6.54 Å². The van der Waals surface area contributed by atoms with E-state index in [0.717, 1.165) is 23.5 Å². The van der Waals surface area contributed by atoms with E-state index in [1.165, 1.54) is 17.0 Å². The summed E-state index contributed by atoms with van der Waals surface area (Å²) in [6.45, 7) is 4.62. The molecule has 0 unspecified atom stereocenters. The highest BCUT2D eigenvalue weighted by Gasteiger charge is 2.03. The molecule has 0 radical (unpaired) electrons. The Labute approximate surface area is 98.2 Å². The highest BCUT2D eigenvalue weighted by molar-refractivity contribution is 7.09. The third kappa shape index (κ3) is 2.39. The number of rotatable bonds is 3. The van der Waals surface area contributed by atoms with Gasteiger partial charge >= 0.3 is 0 Å². The van der Waals surface area contributed by atoms with Crippen LogP contribution in [0.4, 0.5) is 10.1 Å². The van der Waals surface area contributed by atoms with Crippen molar-refractivity contribution in [2.75, 3.05) is 5.32 Å². The topological polar surface area (TPSA) is 24.9 Å². The van der Waals surface area contributed by atoms with Crippen molar-refractivity contribution in [3.05, 3.63) is 45.7 Å². The molecule has 1 aromatic heterocycles. The van der Waals surface area contributed by atoms with Gasteiger partial charge in [0.25, 0.3) is 0 Å². The summed E-state index contributed by atoms with van der Waals surface area (Å²) >= 11 is 1.63. The number of aryl methyl sites for hydroxylation is 2. The molecule has 0 spiro atoms. The molecule has 84 valence electrons.